The van der Waals surface area contributed by atoms with Gasteiger partial charge in [-0.15, -0.1) is 0 Å². The van der Waals surface area contributed by atoms with Crippen LogP contribution in [0.15, 0.2) is 0 Å². The van der Waals surface area contributed by atoms with E-state index < -0.39 is 54.6 Å². The summed E-state index contributed by atoms with van der Waals surface area (Å²) < 4.78 is 50.6. The van der Waals surface area contributed by atoms with Crippen molar-refractivity contribution in [1.29, 1.82) is 0 Å². The van der Waals surface area contributed by atoms with Crippen molar-refractivity contribution < 1.29 is 32.2 Å². The smallest absolute Gasteiger partial charge is 0.408 e. The monoisotopic (exact) mass is 339 g/mol. The first-order valence-electron chi connectivity index (χ1n) is 7.50. The van der Waals surface area contributed by atoms with Gasteiger partial charge in [-0.1, -0.05) is 0 Å². The van der Waals surface area contributed by atoms with Crippen LogP contribution in [-0.2, 0) is 14.3 Å². The average Bonchev–Trinajstić information content (AvgIpc) is 2.39. The molecule has 23 heavy (non-hydrogen) atoms. The molecule has 0 aliphatic heterocycles. The van der Waals surface area contributed by atoms with Crippen molar-refractivity contribution in [3.63, 3.8) is 0 Å². The SMILES string of the molecule is COC(=O)[C@H](CC1(F)CCC(F)(F)CC1)NC(=O)OC(C)(C)C. The lowest BCUT2D eigenvalue weighted by Crippen LogP contribution is -2.49. The fourth-order valence-electron chi connectivity index (χ4n) is 2.42. The lowest BCUT2D eigenvalue weighted by atomic mass is 9.80. The first-order chi connectivity index (χ1) is 10.4. The third-order valence-corrected chi connectivity index (χ3v) is 3.62. The lowest BCUT2D eigenvalue weighted by Gasteiger charge is -2.35. The van der Waals surface area contributed by atoms with E-state index in [1.807, 2.05) is 0 Å². The molecule has 1 aliphatic carbocycles. The number of hydrogen-bond acceptors (Lipinski definition) is 4. The summed E-state index contributed by atoms with van der Waals surface area (Å²) in [6.45, 7) is 4.92. The minimum Gasteiger partial charge on any atom is -0.467 e. The molecule has 0 radical (unpaired) electrons. The minimum atomic E-state index is -2.88. The first kappa shape index (κ1) is 19.6. The Bertz CT molecular complexity index is 438. The molecule has 1 rings (SSSR count). The number of alkyl halides is 3. The fraction of sp³-hybridized carbons (Fsp3) is 0.867. The number of ether oxygens (including phenoxy) is 2. The van der Waals surface area contributed by atoms with E-state index in [2.05, 4.69) is 10.1 Å². The van der Waals surface area contributed by atoms with E-state index in [-0.39, 0.29) is 12.8 Å². The van der Waals surface area contributed by atoms with Gasteiger partial charge in [0.05, 0.1) is 7.11 Å². The van der Waals surface area contributed by atoms with E-state index in [1.54, 1.807) is 20.8 Å². The van der Waals surface area contributed by atoms with Gasteiger partial charge in [0.1, 0.15) is 17.3 Å². The van der Waals surface area contributed by atoms with Crippen molar-refractivity contribution in [3.8, 4) is 0 Å². The highest BCUT2D eigenvalue weighted by Gasteiger charge is 2.46. The number of nitrogens with one attached hydrogen (secondary N) is 1. The maximum absolute atomic E-state index is 14.7. The molecule has 5 nitrogen and oxygen atoms in total. The predicted octanol–water partition coefficient (Wildman–Crippen LogP) is 3.36. The van der Waals surface area contributed by atoms with Crippen LogP contribution in [0, 0.1) is 0 Å². The Morgan fingerprint density at radius 3 is 2.09 bits per heavy atom. The molecule has 0 aromatic carbocycles. The molecule has 8 heteroatoms. The summed E-state index contributed by atoms with van der Waals surface area (Å²) >= 11 is 0. The molecule has 0 saturated heterocycles. The highest BCUT2D eigenvalue weighted by molar-refractivity contribution is 5.81. The summed E-state index contributed by atoms with van der Waals surface area (Å²) in [5.74, 6) is -3.72. The van der Waals surface area contributed by atoms with Crippen LogP contribution >= 0.6 is 0 Å². The van der Waals surface area contributed by atoms with Crippen LogP contribution < -0.4 is 5.32 Å². The third kappa shape index (κ3) is 6.66. The van der Waals surface area contributed by atoms with Gasteiger partial charge in [-0.3, -0.25) is 0 Å². The minimum absolute atomic E-state index is 0.372. The van der Waals surface area contributed by atoms with Gasteiger partial charge in [-0.2, -0.15) is 0 Å². The molecule has 0 spiro atoms. The molecule has 1 saturated carbocycles. The molecule has 0 unspecified atom stereocenters. The van der Waals surface area contributed by atoms with E-state index >= 15 is 0 Å². The molecule has 1 fully saturated rings. The lowest BCUT2D eigenvalue weighted by molar-refractivity contribution is -0.145. The van der Waals surface area contributed by atoms with Crippen molar-refractivity contribution in [1.82, 2.24) is 5.32 Å². The van der Waals surface area contributed by atoms with Crippen molar-refractivity contribution in [2.24, 2.45) is 0 Å². The van der Waals surface area contributed by atoms with E-state index in [9.17, 15) is 22.8 Å². The molecular weight excluding hydrogens is 315 g/mol. The van der Waals surface area contributed by atoms with Crippen LogP contribution in [0.25, 0.3) is 0 Å². The molecule has 134 valence electrons. The molecule has 0 bridgehead atoms. The Balaban J connectivity index is 2.72. The average molecular weight is 339 g/mol. The molecule has 1 aliphatic rings. The van der Waals surface area contributed by atoms with Crippen LogP contribution in [0.4, 0.5) is 18.0 Å². The van der Waals surface area contributed by atoms with Crippen molar-refractivity contribution in [3.05, 3.63) is 0 Å². The van der Waals surface area contributed by atoms with Crippen LogP contribution in [0.1, 0.15) is 52.9 Å². The number of methoxy groups -OCH3 is 1. The summed E-state index contributed by atoms with van der Waals surface area (Å²) in [7, 11) is 1.10. The second-order valence-electron chi connectivity index (χ2n) is 6.93. The zero-order chi connectivity index (χ0) is 17.9. The molecular formula is C15H24F3NO4. The zero-order valence-electron chi connectivity index (χ0n) is 13.9. The maximum atomic E-state index is 14.7. The van der Waals surface area contributed by atoms with Gasteiger partial charge in [-0.05, 0) is 33.6 Å². The number of carbonyl (C=O) groups excluding carboxylic acids is 2. The topological polar surface area (TPSA) is 64.6 Å². The van der Waals surface area contributed by atoms with Crippen LogP contribution in [0.5, 0.6) is 0 Å². The van der Waals surface area contributed by atoms with Gasteiger partial charge >= 0.3 is 12.1 Å². The highest BCUT2D eigenvalue weighted by atomic mass is 19.3. The van der Waals surface area contributed by atoms with Crippen molar-refractivity contribution >= 4 is 12.1 Å². The molecule has 1 atom stereocenters. The number of carbonyl (C=O) groups is 2. The van der Waals surface area contributed by atoms with Crippen molar-refractivity contribution in [2.45, 2.75) is 76.1 Å². The second kappa shape index (κ2) is 6.97. The Kier molecular flexibility index (Phi) is 5.93. The summed E-state index contributed by atoms with van der Waals surface area (Å²) in [5.41, 5.74) is -2.74. The molecule has 1 amide bonds. The van der Waals surface area contributed by atoms with Crippen LogP contribution in [0.3, 0.4) is 0 Å². The van der Waals surface area contributed by atoms with E-state index in [0.29, 0.717) is 0 Å². The first-order valence-corrected chi connectivity index (χ1v) is 7.50. The van der Waals surface area contributed by atoms with Crippen LogP contribution in [-0.4, -0.2) is 42.4 Å². The van der Waals surface area contributed by atoms with E-state index in [4.69, 9.17) is 4.74 Å². The van der Waals surface area contributed by atoms with Gasteiger partial charge in [0.15, 0.2) is 0 Å². The van der Waals surface area contributed by atoms with Crippen molar-refractivity contribution in [2.75, 3.05) is 7.11 Å². The van der Waals surface area contributed by atoms with Gasteiger partial charge in [0.2, 0.25) is 5.92 Å². The summed E-state index contributed by atoms with van der Waals surface area (Å²) in [6.07, 6.45) is -3.21. The van der Waals surface area contributed by atoms with Gasteiger partial charge in [0, 0.05) is 19.3 Å². The van der Waals surface area contributed by atoms with Gasteiger partial charge in [0.25, 0.3) is 0 Å². The largest absolute Gasteiger partial charge is 0.467 e. The fourth-order valence-corrected chi connectivity index (χ4v) is 2.42. The number of esters is 1. The Morgan fingerprint density at radius 2 is 1.65 bits per heavy atom. The standard InChI is InChI=1S/C15H24F3NO4/c1-13(2,3)23-12(21)19-10(11(20)22-4)9-14(16)5-7-15(17,18)8-6-14/h10H,5-9H2,1-4H3,(H,19,21)/t10-/m0/s1. The Morgan fingerprint density at radius 1 is 1.13 bits per heavy atom. The third-order valence-electron chi connectivity index (χ3n) is 3.62. The normalized spacial score (nSPS) is 21.2. The highest BCUT2D eigenvalue weighted by Crippen LogP contribution is 2.42. The van der Waals surface area contributed by atoms with Gasteiger partial charge < -0.3 is 14.8 Å². The number of alkyl carbamates (subject to hydrolysis) is 1. The number of halogens is 3. The molecule has 1 N–H and O–H groups in total. The summed E-state index contributed by atoms with van der Waals surface area (Å²) in [5, 5.41) is 2.25. The number of rotatable bonds is 4. The number of hydrogen-bond donors (Lipinski definition) is 1. The zero-order valence-corrected chi connectivity index (χ0v) is 13.9. The molecule has 0 aromatic rings. The second-order valence-corrected chi connectivity index (χ2v) is 6.93. The van der Waals surface area contributed by atoms with Crippen LogP contribution in [0.2, 0.25) is 0 Å². The summed E-state index contributed by atoms with van der Waals surface area (Å²) in [6, 6.07) is -1.29. The quantitative estimate of drug-likeness (QED) is 0.798. The summed E-state index contributed by atoms with van der Waals surface area (Å²) in [4.78, 5) is 23.5. The number of amides is 1. The van der Waals surface area contributed by atoms with Gasteiger partial charge in [-0.25, -0.2) is 22.8 Å². The Labute approximate surface area is 133 Å². The Hall–Kier alpha value is -1.47. The van der Waals surface area contributed by atoms with E-state index in [0.717, 1.165) is 7.11 Å². The van der Waals surface area contributed by atoms with E-state index in [1.165, 1.54) is 0 Å². The predicted molar refractivity (Wildman–Crippen MR) is 77.0 cm³/mol. The molecule has 0 heterocycles. The maximum Gasteiger partial charge on any atom is 0.408 e. The molecule has 0 aromatic heterocycles.